The van der Waals surface area contributed by atoms with E-state index in [9.17, 15) is 4.79 Å². The Morgan fingerprint density at radius 2 is 1.79 bits per heavy atom. The topological polar surface area (TPSA) is 78.3 Å². The Balaban J connectivity index is 1.51. The van der Waals surface area contributed by atoms with Crippen molar-refractivity contribution in [2.75, 3.05) is 25.5 Å². The third kappa shape index (κ3) is 5.69. The number of nitrogens with one attached hydrogen (secondary N) is 2. The summed E-state index contributed by atoms with van der Waals surface area (Å²) in [5, 5.41) is 12.1. The van der Waals surface area contributed by atoms with E-state index in [0.29, 0.717) is 45.9 Å². The average molecular weight is 497 g/mol. The predicted octanol–water partition coefficient (Wildman–Crippen LogP) is 5.86. The molecule has 1 fully saturated rings. The number of pyridine rings is 1. The number of ether oxygens (including phenoxy) is 1. The Hall–Kier alpha value is -3.09. The van der Waals surface area contributed by atoms with E-state index in [2.05, 4.69) is 15.2 Å². The molecule has 1 aliphatic rings. The summed E-state index contributed by atoms with van der Waals surface area (Å²) in [5.41, 5.74) is 3.24. The van der Waals surface area contributed by atoms with Crippen LogP contribution in [0.2, 0.25) is 10.0 Å². The number of likely N-dealkylation sites (tertiary alicyclic amines) is 1. The van der Waals surface area contributed by atoms with Gasteiger partial charge in [0.15, 0.2) is 0 Å². The molecule has 2 N–H and O–H groups in total. The number of hydrogen-bond donors (Lipinski definition) is 2. The highest BCUT2D eigenvalue weighted by Gasteiger charge is 2.19. The second-order valence-corrected chi connectivity index (χ2v) is 9.06. The lowest BCUT2D eigenvalue weighted by Gasteiger charge is -2.18. The zero-order valence-electron chi connectivity index (χ0n) is 18.9. The summed E-state index contributed by atoms with van der Waals surface area (Å²) < 4.78 is 5.55. The molecule has 0 saturated carbocycles. The molecule has 0 bridgehead atoms. The van der Waals surface area contributed by atoms with Crippen LogP contribution in [-0.2, 0) is 12.8 Å². The van der Waals surface area contributed by atoms with Crippen LogP contribution in [0.3, 0.4) is 0 Å². The van der Waals surface area contributed by atoms with Crippen LogP contribution in [-0.4, -0.2) is 41.8 Å². The van der Waals surface area contributed by atoms with Crippen molar-refractivity contribution in [2.45, 2.75) is 25.7 Å². The van der Waals surface area contributed by atoms with Crippen molar-refractivity contribution >= 4 is 40.8 Å². The van der Waals surface area contributed by atoms with Crippen molar-refractivity contribution in [2.24, 2.45) is 0 Å². The molecule has 176 valence electrons. The summed E-state index contributed by atoms with van der Waals surface area (Å²) in [5.74, 6) is 1.22. The second kappa shape index (κ2) is 10.9. The SMILES string of the molecule is COc1cc(Cl)cc(C(=O)Nc2ccc(Cl)cn2)c1CCc1ccc(C(=N)N2CCCC2)cc1. The quantitative estimate of drug-likeness (QED) is 0.317. The van der Waals surface area contributed by atoms with Crippen LogP contribution < -0.4 is 10.1 Å². The van der Waals surface area contributed by atoms with Crippen molar-refractivity contribution in [1.82, 2.24) is 9.88 Å². The molecular weight excluding hydrogens is 471 g/mol. The minimum absolute atomic E-state index is 0.319. The smallest absolute Gasteiger partial charge is 0.257 e. The Bertz CT molecular complexity index is 1170. The molecule has 0 radical (unpaired) electrons. The van der Waals surface area contributed by atoms with Gasteiger partial charge in [-0.25, -0.2) is 4.98 Å². The van der Waals surface area contributed by atoms with Gasteiger partial charge in [-0.1, -0.05) is 47.5 Å². The second-order valence-electron chi connectivity index (χ2n) is 8.19. The van der Waals surface area contributed by atoms with Crippen molar-refractivity contribution in [1.29, 1.82) is 5.41 Å². The van der Waals surface area contributed by atoms with Crippen LogP contribution >= 0.6 is 23.2 Å². The monoisotopic (exact) mass is 496 g/mol. The van der Waals surface area contributed by atoms with E-state index in [1.807, 2.05) is 24.3 Å². The first-order valence-corrected chi connectivity index (χ1v) is 11.9. The largest absolute Gasteiger partial charge is 0.496 e. The number of methoxy groups -OCH3 is 1. The van der Waals surface area contributed by atoms with Crippen molar-refractivity contribution < 1.29 is 9.53 Å². The molecule has 0 spiro atoms. The van der Waals surface area contributed by atoms with Gasteiger partial charge in [0.25, 0.3) is 5.91 Å². The molecule has 6 nitrogen and oxygen atoms in total. The fraction of sp³-hybridized carbons (Fsp3) is 0.269. The van der Waals surface area contributed by atoms with Gasteiger partial charge in [0, 0.05) is 41.0 Å². The van der Waals surface area contributed by atoms with Gasteiger partial charge in [-0.05, 0) is 55.5 Å². The van der Waals surface area contributed by atoms with Gasteiger partial charge >= 0.3 is 0 Å². The Morgan fingerprint density at radius 3 is 2.44 bits per heavy atom. The van der Waals surface area contributed by atoms with Crippen LogP contribution in [0.25, 0.3) is 0 Å². The van der Waals surface area contributed by atoms with E-state index in [1.54, 1.807) is 31.4 Å². The maximum Gasteiger partial charge on any atom is 0.257 e. The molecule has 0 unspecified atom stereocenters. The molecule has 2 aromatic carbocycles. The summed E-state index contributed by atoms with van der Waals surface area (Å²) in [6, 6.07) is 14.7. The first-order chi connectivity index (χ1) is 16.4. The molecule has 0 atom stereocenters. The maximum atomic E-state index is 13.1. The number of rotatable bonds is 7. The summed E-state index contributed by atoms with van der Waals surface area (Å²) >= 11 is 12.2. The lowest BCUT2D eigenvalue weighted by molar-refractivity contribution is 0.102. The number of anilines is 1. The van der Waals surface area contributed by atoms with Crippen LogP contribution in [0.5, 0.6) is 5.75 Å². The minimum atomic E-state index is -0.319. The zero-order valence-corrected chi connectivity index (χ0v) is 20.4. The standard InChI is InChI=1S/C26H26Cl2N4O2/c1-34-23-15-20(28)14-22(26(33)31-24-11-9-19(27)16-30-24)21(23)10-6-17-4-7-18(8-5-17)25(29)32-12-2-3-13-32/h4-5,7-9,11,14-16,29H,2-3,6,10,12-13H2,1H3,(H,30,31,33). The van der Waals surface area contributed by atoms with Crippen LogP contribution in [0.15, 0.2) is 54.7 Å². The van der Waals surface area contributed by atoms with Gasteiger partial charge in [-0.15, -0.1) is 0 Å². The number of aryl methyl sites for hydroxylation is 1. The number of hydrogen-bond acceptors (Lipinski definition) is 4. The van der Waals surface area contributed by atoms with Gasteiger partial charge in [-0.3, -0.25) is 10.2 Å². The van der Waals surface area contributed by atoms with Gasteiger partial charge in [0.05, 0.1) is 12.1 Å². The normalized spacial score (nSPS) is 13.1. The van der Waals surface area contributed by atoms with E-state index >= 15 is 0 Å². The highest BCUT2D eigenvalue weighted by molar-refractivity contribution is 6.31. The Kier molecular flexibility index (Phi) is 7.70. The van der Waals surface area contributed by atoms with E-state index < -0.39 is 0 Å². The molecule has 1 amide bonds. The third-order valence-electron chi connectivity index (χ3n) is 5.92. The van der Waals surface area contributed by atoms with Crippen molar-refractivity contribution in [3.63, 3.8) is 0 Å². The summed E-state index contributed by atoms with van der Waals surface area (Å²) in [6.07, 6.45) is 5.05. The van der Waals surface area contributed by atoms with Crippen LogP contribution in [0, 0.1) is 5.41 Å². The Labute approximate surface area is 209 Å². The fourth-order valence-electron chi connectivity index (χ4n) is 4.11. The fourth-order valence-corrected chi connectivity index (χ4v) is 4.43. The van der Waals surface area contributed by atoms with Gasteiger partial charge in [0.2, 0.25) is 0 Å². The lowest BCUT2D eigenvalue weighted by atomic mass is 9.97. The van der Waals surface area contributed by atoms with E-state index in [1.165, 1.54) is 6.20 Å². The van der Waals surface area contributed by atoms with Crippen molar-refractivity contribution in [3.8, 4) is 5.75 Å². The molecule has 2 heterocycles. The van der Waals surface area contributed by atoms with Gasteiger partial charge < -0.3 is 15.0 Å². The minimum Gasteiger partial charge on any atom is -0.496 e. The lowest BCUT2D eigenvalue weighted by Crippen LogP contribution is -2.27. The number of amides is 1. The number of halogens is 2. The molecule has 4 rings (SSSR count). The first kappa shape index (κ1) is 24.0. The van der Waals surface area contributed by atoms with Gasteiger partial charge in [-0.2, -0.15) is 0 Å². The van der Waals surface area contributed by atoms with Crippen LogP contribution in [0.4, 0.5) is 5.82 Å². The summed E-state index contributed by atoms with van der Waals surface area (Å²) in [4.78, 5) is 19.3. The first-order valence-electron chi connectivity index (χ1n) is 11.2. The van der Waals surface area contributed by atoms with Crippen molar-refractivity contribution in [3.05, 3.63) is 87.0 Å². The molecular formula is C26H26Cl2N4O2. The highest BCUT2D eigenvalue weighted by Crippen LogP contribution is 2.29. The third-order valence-corrected chi connectivity index (χ3v) is 6.36. The molecule has 3 aromatic rings. The molecule has 1 aliphatic heterocycles. The number of amidine groups is 1. The number of benzene rings is 2. The average Bonchev–Trinajstić information content (AvgIpc) is 3.39. The zero-order chi connectivity index (χ0) is 24.1. The number of aromatic nitrogens is 1. The number of carbonyl (C=O) groups excluding carboxylic acids is 1. The van der Waals surface area contributed by atoms with Crippen LogP contribution in [0.1, 0.15) is 39.9 Å². The number of nitrogens with zero attached hydrogens (tertiary/aromatic N) is 2. The molecule has 1 saturated heterocycles. The highest BCUT2D eigenvalue weighted by atomic mass is 35.5. The van der Waals surface area contributed by atoms with E-state index in [-0.39, 0.29) is 5.91 Å². The summed E-state index contributed by atoms with van der Waals surface area (Å²) in [7, 11) is 1.57. The Morgan fingerprint density at radius 1 is 1.06 bits per heavy atom. The molecule has 1 aromatic heterocycles. The number of carbonyl (C=O) groups is 1. The van der Waals surface area contributed by atoms with E-state index in [0.717, 1.165) is 42.6 Å². The molecule has 34 heavy (non-hydrogen) atoms. The molecule has 0 aliphatic carbocycles. The van der Waals surface area contributed by atoms with Gasteiger partial charge in [0.1, 0.15) is 17.4 Å². The van der Waals surface area contributed by atoms with E-state index in [4.69, 9.17) is 33.3 Å². The molecule has 8 heteroatoms. The summed E-state index contributed by atoms with van der Waals surface area (Å²) in [6.45, 7) is 1.90. The maximum absolute atomic E-state index is 13.1. The predicted molar refractivity (Wildman–Crippen MR) is 137 cm³/mol.